The zero-order valence-corrected chi connectivity index (χ0v) is 11.8. The van der Waals surface area contributed by atoms with Crippen LogP contribution >= 0.6 is 23.2 Å². The second-order valence-electron chi connectivity index (χ2n) is 4.95. The van der Waals surface area contributed by atoms with E-state index in [1.807, 2.05) is 0 Å². The van der Waals surface area contributed by atoms with E-state index in [9.17, 15) is 19.2 Å². The first-order valence-electron chi connectivity index (χ1n) is 5.40. The molecule has 2 atom stereocenters. The maximum atomic E-state index is 11.6. The molecule has 0 amide bonds. The van der Waals surface area contributed by atoms with Crippen LogP contribution in [-0.4, -0.2) is 34.6 Å². The minimum atomic E-state index is -1.72. The van der Waals surface area contributed by atoms with E-state index in [-0.39, 0.29) is 12.8 Å². The van der Waals surface area contributed by atoms with E-state index in [2.05, 4.69) is 0 Å². The highest BCUT2D eigenvalue weighted by atomic mass is 35.5. The molecular formula is C11H12Cl2O6. The third-order valence-electron chi connectivity index (χ3n) is 2.48. The van der Waals surface area contributed by atoms with E-state index in [4.69, 9.17) is 32.7 Å². The van der Waals surface area contributed by atoms with Gasteiger partial charge in [0.15, 0.2) is 0 Å². The van der Waals surface area contributed by atoms with Crippen molar-refractivity contribution in [1.82, 2.24) is 0 Å². The molecule has 0 saturated carbocycles. The molecule has 0 aromatic carbocycles. The first-order chi connectivity index (χ1) is 8.62. The van der Waals surface area contributed by atoms with Crippen LogP contribution in [0.15, 0.2) is 0 Å². The molecule has 1 rings (SSSR count). The van der Waals surface area contributed by atoms with E-state index >= 15 is 0 Å². The van der Waals surface area contributed by atoms with Crippen molar-refractivity contribution in [2.45, 2.75) is 38.9 Å². The number of carbonyl (C=O) groups excluding carboxylic acids is 4. The summed E-state index contributed by atoms with van der Waals surface area (Å²) in [5.74, 6) is -1.52. The Kier molecular flexibility index (Phi) is 4.92. The van der Waals surface area contributed by atoms with Crippen LogP contribution in [0, 0.1) is 5.41 Å². The van der Waals surface area contributed by atoms with Crippen LogP contribution in [0.2, 0.25) is 0 Å². The monoisotopic (exact) mass is 310 g/mol. The van der Waals surface area contributed by atoms with Crippen molar-refractivity contribution in [3.05, 3.63) is 0 Å². The van der Waals surface area contributed by atoms with Crippen LogP contribution in [-0.2, 0) is 28.7 Å². The van der Waals surface area contributed by atoms with Crippen LogP contribution < -0.4 is 0 Å². The lowest BCUT2D eigenvalue weighted by atomic mass is 9.86. The fourth-order valence-corrected chi connectivity index (χ4v) is 1.98. The topological polar surface area (TPSA) is 86.7 Å². The quantitative estimate of drug-likeness (QED) is 0.562. The standard InChI is InChI=1S/C11H12Cl2O6/c1-11(2)3-5(14)18-7(9(12)16)8(10(13)17)19-6(15)4-11/h7-8H,3-4H2,1-2H3. The summed E-state index contributed by atoms with van der Waals surface area (Å²) in [4.78, 5) is 45.7. The summed E-state index contributed by atoms with van der Waals surface area (Å²) >= 11 is 10.5. The zero-order valence-electron chi connectivity index (χ0n) is 10.3. The Bertz CT molecular complexity index is 393. The maximum absolute atomic E-state index is 11.6. The summed E-state index contributed by atoms with van der Waals surface area (Å²) < 4.78 is 9.58. The average molecular weight is 311 g/mol. The average Bonchev–Trinajstić information content (AvgIpc) is 2.23. The molecule has 1 fully saturated rings. The molecule has 0 radical (unpaired) electrons. The number of esters is 2. The Morgan fingerprint density at radius 3 is 1.58 bits per heavy atom. The minimum absolute atomic E-state index is 0.119. The van der Waals surface area contributed by atoms with Gasteiger partial charge in [0.1, 0.15) is 0 Å². The van der Waals surface area contributed by atoms with Crippen molar-refractivity contribution in [3.63, 3.8) is 0 Å². The second kappa shape index (κ2) is 5.88. The van der Waals surface area contributed by atoms with Crippen molar-refractivity contribution < 1.29 is 28.7 Å². The number of hydrogen-bond acceptors (Lipinski definition) is 6. The van der Waals surface area contributed by atoms with Gasteiger partial charge in [0.25, 0.3) is 10.5 Å². The fraction of sp³-hybridized carbons (Fsp3) is 0.636. The van der Waals surface area contributed by atoms with Crippen molar-refractivity contribution >= 4 is 45.6 Å². The first-order valence-corrected chi connectivity index (χ1v) is 6.15. The lowest BCUT2D eigenvalue weighted by molar-refractivity contribution is -0.169. The highest BCUT2D eigenvalue weighted by Gasteiger charge is 2.42. The number of halogens is 2. The number of hydrogen-bond donors (Lipinski definition) is 0. The molecule has 2 unspecified atom stereocenters. The van der Waals surface area contributed by atoms with E-state index in [0.29, 0.717) is 0 Å². The number of rotatable bonds is 2. The predicted molar refractivity (Wildman–Crippen MR) is 64.5 cm³/mol. The molecule has 0 aliphatic carbocycles. The third kappa shape index (κ3) is 4.47. The molecule has 19 heavy (non-hydrogen) atoms. The molecule has 6 nitrogen and oxygen atoms in total. The molecule has 8 heteroatoms. The highest BCUT2D eigenvalue weighted by Crippen LogP contribution is 2.29. The molecule has 0 bridgehead atoms. The molecular weight excluding hydrogens is 299 g/mol. The Morgan fingerprint density at radius 1 is 1.00 bits per heavy atom. The normalized spacial score (nSPS) is 27.4. The van der Waals surface area contributed by atoms with Gasteiger partial charge in [-0.15, -0.1) is 0 Å². The van der Waals surface area contributed by atoms with Gasteiger partial charge in [-0.1, -0.05) is 13.8 Å². The number of ether oxygens (including phenoxy) is 2. The summed E-state index contributed by atoms with van der Waals surface area (Å²) in [5, 5.41) is -2.28. The molecule has 106 valence electrons. The smallest absolute Gasteiger partial charge is 0.307 e. The van der Waals surface area contributed by atoms with Crippen LogP contribution in [0.4, 0.5) is 0 Å². The lowest BCUT2D eigenvalue weighted by Crippen LogP contribution is -2.42. The second-order valence-corrected chi connectivity index (χ2v) is 5.69. The zero-order chi connectivity index (χ0) is 14.8. The Hall–Kier alpha value is -1.14. The van der Waals surface area contributed by atoms with Crippen molar-refractivity contribution in [2.24, 2.45) is 5.41 Å². The highest BCUT2D eigenvalue weighted by molar-refractivity contribution is 6.67. The number of cyclic esters (lactones) is 2. The van der Waals surface area contributed by atoms with Gasteiger partial charge in [0.05, 0.1) is 12.8 Å². The Labute approximate surface area is 119 Å². The van der Waals surface area contributed by atoms with Gasteiger partial charge in [-0.25, -0.2) is 0 Å². The molecule has 1 saturated heterocycles. The minimum Gasteiger partial charge on any atom is -0.448 e. The summed E-state index contributed by atoms with van der Waals surface area (Å²) in [5.41, 5.74) is -0.724. The van der Waals surface area contributed by atoms with E-state index < -0.39 is 40.0 Å². The summed E-state index contributed by atoms with van der Waals surface area (Å²) in [6.45, 7) is 3.30. The van der Waals surface area contributed by atoms with Gasteiger partial charge in [0, 0.05) is 0 Å². The SMILES string of the molecule is CC1(C)CC(=O)OC(C(=O)Cl)C(C(=O)Cl)OC(=O)C1. The molecule has 0 aromatic heterocycles. The van der Waals surface area contributed by atoms with Gasteiger partial charge in [-0.3, -0.25) is 19.2 Å². The largest absolute Gasteiger partial charge is 0.448 e. The van der Waals surface area contributed by atoms with Crippen LogP contribution in [0.25, 0.3) is 0 Å². The molecule has 0 spiro atoms. The summed E-state index contributed by atoms with van der Waals surface area (Å²) in [6.07, 6.45) is -3.69. The van der Waals surface area contributed by atoms with Gasteiger partial charge in [0.2, 0.25) is 12.2 Å². The van der Waals surface area contributed by atoms with Crippen molar-refractivity contribution in [1.29, 1.82) is 0 Å². The van der Waals surface area contributed by atoms with Gasteiger partial charge in [-0.05, 0) is 28.6 Å². The van der Waals surface area contributed by atoms with Gasteiger partial charge >= 0.3 is 11.9 Å². The molecule has 0 aromatic rings. The molecule has 1 aliphatic heterocycles. The first kappa shape index (κ1) is 15.9. The van der Waals surface area contributed by atoms with E-state index in [1.165, 1.54) is 0 Å². The Morgan fingerprint density at radius 2 is 1.32 bits per heavy atom. The fourth-order valence-electron chi connectivity index (χ4n) is 1.66. The van der Waals surface area contributed by atoms with Crippen molar-refractivity contribution in [3.8, 4) is 0 Å². The molecule has 1 heterocycles. The van der Waals surface area contributed by atoms with Gasteiger partial charge < -0.3 is 9.47 Å². The lowest BCUT2D eigenvalue weighted by Gasteiger charge is -2.20. The third-order valence-corrected chi connectivity index (χ3v) is 2.92. The van der Waals surface area contributed by atoms with Gasteiger partial charge in [-0.2, -0.15) is 0 Å². The number of carbonyl (C=O) groups is 4. The summed E-state index contributed by atoms with van der Waals surface area (Å²) in [6, 6.07) is 0. The van der Waals surface area contributed by atoms with Crippen molar-refractivity contribution in [2.75, 3.05) is 0 Å². The van der Waals surface area contributed by atoms with E-state index in [1.54, 1.807) is 13.8 Å². The van der Waals surface area contributed by atoms with Crippen LogP contribution in [0.1, 0.15) is 26.7 Å². The summed E-state index contributed by atoms with van der Waals surface area (Å²) in [7, 11) is 0. The molecule has 1 aliphatic rings. The van der Waals surface area contributed by atoms with Crippen LogP contribution in [0.3, 0.4) is 0 Å². The predicted octanol–water partition coefficient (Wildman–Crippen LogP) is 1.16. The maximum Gasteiger partial charge on any atom is 0.307 e. The van der Waals surface area contributed by atoms with Crippen LogP contribution in [0.5, 0.6) is 0 Å². The van der Waals surface area contributed by atoms with E-state index in [0.717, 1.165) is 0 Å². The molecule has 0 N–H and O–H groups in total. The Balaban J connectivity index is 3.11.